The standard InChI is InChI=1S/C19H30N2O5/c1-19(2,3)26-17(23)20-11-7-12-21(13-8-14-22)18(24)25-15-16-9-5-4-6-10-16/h4-6,9-10,22H,7-8,11-15H2,1-3H3,(H,20,23). The molecule has 0 atom stereocenters. The Bertz CT molecular complexity index is 543. The number of hydrogen-bond donors (Lipinski definition) is 2. The Balaban J connectivity index is 2.37. The quantitative estimate of drug-likeness (QED) is 0.656. The molecule has 0 fully saturated rings. The highest BCUT2D eigenvalue weighted by atomic mass is 16.6. The summed E-state index contributed by atoms with van der Waals surface area (Å²) in [5.41, 5.74) is 0.368. The number of carbonyl (C=O) groups excluding carboxylic acids is 2. The molecule has 0 aliphatic heterocycles. The molecule has 0 spiro atoms. The van der Waals surface area contributed by atoms with Crippen LogP contribution in [0.1, 0.15) is 39.2 Å². The zero-order chi connectivity index (χ0) is 19.4. The summed E-state index contributed by atoms with van der Waals surface area (Å²) in [6, 6.07) is 9.44. The minimum atomic E-state index is -0.543. The van der Waals surface area contributed by atoms with Crippen molar-refractivity contribution in [2.75, 3.05) is 26.2 Å². The molecule has 0 aliphatic rings. The van der Waals surface area contributed by atoms with Crippen LogP contribution in [-0.2, 0) is 16.1 Å². The highest BCUT2D eigenvalue weighted by molar-refractivity contribution is 5.68. The van der Waals surface area contributed by atoms with Gasteiger partial charge in [-0.15, -0.1) is 0 Å². The van der Waals surface area contributed by atoms with E-state index >= 15 is 0 Å². The molecule has 0 bridgehead atoms. The van der Waals surface area contributed by atoms with Gasteiger partial charge in [0.05, 0.1) is 0 Å². The van der Waals surface area contributed by atoms with E-state index < -0.39 is 17.8 Å². The second-order valence-corrected chi connectivity index (χ2v) is 6.89. The molecule has 0 saturated heterocycles. The van der Waals surface area contributed by atoms with Crippen LogP contribution in [0.2, 0.25) is 0 Å². The summed E-state index contributed by atoms with van der Waals surface area (Å²) in [7, 11) is 0. The number of benzene rings is 1. The van der Waals surface area contributed by atoms with Crippen molar-refractivity contribution in [1.82, 2.24) is 10.2 Å². The van der Waals surface area contributed by atoms with Gasteiger partial charge in [-0.2, -0.15) is 0 Å². The first-order valence-corrected chi connectivity index (χ1v) is 8.85. The van der Waals surface area contributed by atoms with Crippen LogP contribution in [-0.4, -0.2) is 54.0 Å². The van der Waals surface area contributed by atoms with Gasteiger partial charge in [0.25, 0.3) is 0 Å². The Hall–Kier alpha value is -2.28. The van der Waals surface area contributed by atoms with Crippen LogP contribution >= 0.6 is 0 Å². The number of alkyl carbamates (subject to hydrolysis) is 1. The molecule has 146 valence electrons. The topological polar surface area (TPSA) is 88.1 Å². The molecule has 1 aromatic carbocycles. The first-order chi connectivity index (χ1) is 12.3. The SMILES string of the molecule is CC(C)(C)OC(=O)NCCCN(CCCO)C(=O)OCc1ccccc1. The molecule has 0 radical (unpaired) electrons. The van der Waals surface area contributed by atoms with Gasteiger partial charge in [0.1, 0.15) is 12.2 Å². The summed E-state index contributed by atoms with van der Waals surface area (Å²) >= 11 is 0. The normalized spacial score (nSPS) is 10.9. The van der Waals surface area contributed by atoms with Crippen LogP contribution in [0.4, 0.5) is 9.59 Å². The van der Waals surface area contributed by atoms with Crippen LogP contribution in [0.3, 0.4) is 0 Å². The molecule has 1 aromatic rings. The van der Waals surface area contributed by atoms with Crippen molar-refractivity contribution in [3.63, 3.8) is 0 Å². The molecule has 2 N–H and O–H groups in total. The van der Waals surface area contributed by atoms with Crippen molar-refractivity contribution < 1.29 is 24.2 Å². The molecular weight excluding hydrogens is 336 g/mol. The van der Waals surface area contributed by atoms with E-state index in [1.54, 1.807) is 20.8 Å². The Morgan fingerprint density at radius 1 is 1.12 bits per heavy atom. The summed E-state index contributed by atoms with van der Waals surface area (Å²) in [5, 5.41) is 11.7. The third kappa shape index (κ3) is 9.88. The van der Waals surface area contributed by atoms with Crippen molar-refractivity contribution in [2.24, 2.45) is 0 Å². The first kappa shape index (κ1) is 21.8. The van der Waals surface area contributed by atoms with Gasteiger partial charge in [0, 0.05) is 26.2 Å². The fraction of sp³-hybridized carbons (Fsp3) is 0.579. The van der Waals surface area contributed by atoms with Gasteiger partial charge >= 0.3 is 12.2 Å². The smallest absolute Gasteiger partial charge is 0.410 e. The summed E-state index contributed by atoms with van der Waals surface area (Å²) in [5.74, 6) is 0. The van der Waals surface area contributed by atoms with Crippen molar-refractivity contribution >= 4 is 12.2 Å². The number of amides is 2. The van der Waals surface area contributed by atoms with E-state index in [2.05, 4.69) is 5.32 Å². The highest BCUT2D eigenvalue weighted by Crippen LogP contribution is 2.07. The Morgan fingerprint density at radius 2 is 1.77 bits per heavy atom. The zero-order valence-electron chi connectivity index (χ0n) is 15.9. The Labute approximate surface area is 155 Å². The number of aliphatic hydroxyl groups is 1. The van der Waals surface area contributed by atoms with Gasteiger partial charge in [-0.3, -0.25) is 0 Å². The summed E-state index contributed by atoms with van der Waals surface area (Å²) in [6.07, 6.45) is 0.121. The van der Waals surface area contributed by atoms with Crippen molar-refractivity contribution in [3.05, 3.63) is 35.9 Å². The third-order valence-corrected chi connectivity index (χ3v) is 3.32. The fourth-order valence-electron chi connectivity index (χ4n) is 2.14. The van der Waals surface area contributed by atoms with Gasteiger partial charge < -0.3 is 24.8 Å². The van der Waals surface area contributed by atoms with E-state index in [4.69, 9.17) is 14.6 Å². The lowest BCUT2D eigenvalue weighted by Gasteiger charge is -2.22. The largest absolute Gasteiger partial charge is 0.445 e. The number of hydrogen-bond acceptors (Lipinski definition) is 5. The van der Waals surface area contributed by atoms with E-state index in [-0.39, 0.29) is 13.2 Å². The molecular formula is C19H30N2O5. The van der Waals surface area contributed by atoms with E-state index in [1.165, 1.54) is 4.90 Å². The van der Waals surface area contributed by atoms with Gasteiger partial charge in [-0.1, -0.05) is 30.3 Å². The van der Waals surface area contributed by atoms with E-state index in [9.17, 15) is 9.59 Å². The molecule has 7 nitrogen and oxygen atoms in total. The van der Waals surface area contributed by atoms with Crippen LogP contribution < -0.4 is 5.32 Å². The molecule has 2 amide bonds. The van der Waals surface area contributed by atoms with Gasteiger partial charge in [0.2, 0.25) is 0 Å². The van der Waals surface area contributed by atoms with Crippen molar-refractivity contribution in [2.45, 2.75) is 45.8 Å². The Morgan fingerprint density at radius 3 is 2.38 bits per heavy atom. The average Bonchev–Trinajstić information content (AvgIpc) is 2.58. The van der Waals surface area contributed by atoms with E-state index in [1.807, 2.05) is 30.3 Å². The predicted molar refractivity (Wildman–Crippen MR) is 98.8 cm³/mol. The number of carbonyl (C=O) groups is 2. The summed E-state index contributed by atoms with van der Waals surface area (Å²) in [6.45, 7) is 6.80. The number of nitrogens with zero attached hydrogens (tertiary/aromatic N) is 1. The Kier molecular flexibility index (Phi) is 9.51. The van der Waals surface area contributed by atoms with Crippen LogP contribution in [0.15, 0.2) is 30.3 Å². The van der Waals surface area contributed by atoms with Crippen LogP contribution in [0.25, 0.3) is 0 Å². The monoisotopic (exact) mass is 366 g/mol. The molecule has 0 heterocycles. The summed E-state index contributed by atoms with van der Waals surface area (Å²) in [4.78, 5) is 25.4. The molecule has 7 heteroatoms. The van der Waals surface area contributed by atoms with Crippen molar-refractivity contribution in [3.8, 4) is 0 Å². The van der Waals surface area contributed by atoms with Crippen LogP contribution in [0.5, 0.6) is 0 Å². The van der Waals surface area contributed by atoms with Crippen molar-refractivity contribution in [1.29, 1.82) is 0 Å². The van der Waals surface area contributed by atoms with Gasteiger partial charge in [0.15, 0.2) is 0 Å². The maximum Gasteiger partial charge on any atom is 0.410 e. The van der Waals surface area contributed by atoms with E-state index in [0.29, 0.717) is 32.5 Å². The molecule has 0 unspecified atom stereocenters. The minimum Gasteiger partial charge on any atom is -0.445 e. The second kappa shape index (κ2) is 11.4. The summed E-state index contributed by atoms with van der Waals surface area (Å²) < 4.78 is 10.5. The number of rotatable bonds is 9. The lowest BCUT2D eigenvalue weighted by Crippen LogP contribution is -2.37. The van der Waals surface area contributed by atoms with Crippen LogP contribution in [0, 0.1) is 0 Å². The van der Waals surface area contributed by atoms with E-state index in [0.717, 1.165) is 5.56 Å². The number of ether oxygens (including phenoxy) is 2. The lowest BCUT2D eigenvalue weighted by molar-refractivity contribution is 0.0525. The fourth-order valence-corrected chi connectivity index (χ4v) is 2.14. The predicted octanol–water partition coefficient (Wildman–Crippen LogP) is 2.92. The third-order valence-electron chi connectivity index (χ3n) is 3.32. The average molecular weight is 366 g/mol. The molecule has 1 rings (SSSR count). The van der Waals surface area contributed by atoms with Gasteiger partial charge in [-0.05, 0) is 39.2 Å². The number of aliphatic hydroxyl groups excluding tert-OH is 1. The molecule has 0 aliphatic carbocycles. The van der Waals surface area contributed by atoms with Gasteiger partial charge in [-0.25, -0.2) is 9.59 Å². The molecule has 0 saturated carbocycles. The first-order valence-electron chi connectivity index (χ1n) is 8.85. The zero-order valence-corrected chi connectivity index (χ0v) is 15.9. The number of nitrogens with one attached hydrogen (secondary N) is 1. The highest BCUT2D eigenvalue weighted by Gasteiger charge is 2.17. The second-order valence-electron chi connectivity index (χ2n) is 6.89. The molecule has 26 heavy (non-hydrogen) atoms. The maximum atomic E-state index is 12.2. The lowest BCUT2D eigenvalue weighted by atomic mass is 10.2. The molecule has 0 aromatic heterocycles. The minimum absolute atomic E-state index is 0.00137. The maximum absolute atomic E-state index is 12.2.